The minimum absolute atomic E-state index is 0.132. The van der Waals surface area contributed by atoms with E-state index in [9.17, 15) is 4.39 Å². The monoisotopic (exact) mass is 220 g/mol. The van der Waals surface area contributed by atoms with Gasteiger partial charge in [-0.2, -0.15) is 0 Å². The summed E-state index contributed by atoms with van der Waals surface area (Å²) < 4.78 is 14.8. The summed E-state index contributed by atoms with van der Waals surface area (Å²) in [5, 5.41) is 6.47. The molecule has 0 radical (unpaired) electrons. The van der Waals surface area contributed by atoms with Gasteiger partial charge in [-0.05, 0) is 37.1 Å². The molecule has 2 nitrogen and oxygen atoms in total. The fourth-order valence-corrected chi connectivity index (χ4v) is 2.89. The van der Waals surface area contributed by atoms with Crippen LogP contribution in [-0.4, -0.2) is 25.3 Å². The number of rotatable bonds is 1. The van der Waals surface area contributed by atoms with Crippen molar-refractivity contribution >= 4 is 0 Å². The highest BCUT2D eigenvalue weighted by molar-refractivity contribution is 5.35. The molecule has 2 aliphatic heterocycles. The van der Waals surface area contributed by atoms with Crippen molar-refractivity contribution in [3.05, 3.63) is 35.4 Å². The molecule has 3 rings (SSSR count). The van der Waals surface area contributed by atoms with Gasteiger partial charge in [0.05, 0.1) is 6.04 Å². The van der Waals surface area contributed by atoms with Gasteiger partial charge in [0.1, 0.15) is 5.67 Å². The molecular weight excluding hydrogens is 203 g/mol. The van der Waals surface area contributed by atoms with Crippen LogP contribution in [0.3, 0.4) is 0 Å². The normalized spacial score (nSPS) is 33.7. The molecule has 1 aromatic carbocycles. The van der Waals surface area contributed by atoms with Crippen molar-refractivity contribution in [1.29, 1.82) is 0 Å². The number of hydrogen-bond acceptors (Lipinski definition) is 2. The lowest BCUT2D eigenvalue weighted by atomic mass is 9.84. The van der Waals surface area contributed by atoms with Crippen molar-refractivity contribution in [3.63, 3.8) is 0 Å². The summed E-state index contributed by atoms with van der Waals surface area (Å²) in [5.74, 6) is 0. The lowest BCUT2D eigenvalue weighted by Crippen LogP contribution is -2.45. The highest BCUT2D eigenvalue weighted by Crippen LogP contribution is 2.37. The van der Waals surface area contributed by atoms with E-state index in [1.165, 1.54) is 5.56 Å². The predicted molar refractivity (Wildman–Crippen MR) is 62.2 cm³/mol. The number of alkyl halides is 1. The minimum Gasteiger partial charge on any atom is -0.313 e. The van der Waals surface area contributed by atoms with Crippen LogP contribution >= 0.6 is 0 Å². The summed E-state index contributed by atoms with van der Waals surface area (Å²) in [6, 6.07) is 8.09. The smallest absolute Gasteiger partial charge is 0.143 e. The molecule has 0 bridgehead atoms. The molecule has 2 unspecified atom stereocenters. The van der Waals surface area contributed by atoms with E-state index in [-0.39, 0.29) is 6.04 Å². The lowest BCUT2D eigenvalue weighted by molar-refractivity contribution is 0.123. The molecule has 1 fully saturated rings. The summed E-state index contributed by atoms with van der Waals surface area (Å²) in [6.45, 7) is 2.14. The van der Waals surface area contributed by atoms with Crippen molar-refractivity contribution < 1.29 is 4.39 Å². The maximum atomic E-state index is 14.8. The van der Waals surface area contributed by atoms with Gasteiger partial charge in [-0.3, -0.25) is 0 Å². The third kappa shape index (κ3) is 1.55. The molecule has 2 aliphatic rings. The van der Waals surface area contributed by atoms with Crippen LogP contribution in [0, 0.1) is 0 Å². The molecule has 3 heteroatoms. The van der Waals surface area contributed by atoms with Gasteiger partial charge in [0.25, 0.3) is 0 Å². The Labute approximate surface area is 95.2 Å². The highest BCUT2D eigenvalue weighted by atomic mass is 19.1. The maximum absolute atomic E-state index is 14.8. The Hall–Kier alpha value is -0.930. The molecular formula is C13H17FN2. The van der Waals surface area contributed by atoms with Gasteiger partial charge in [0, 0.05) is 6.54 Å². The average Bonchev–Trinajstić information content (AvgIpc) is 2.77. The fourth-order valence-electron chi connectivity index (χ4n) is 2.89. The quantitative estimate of drug-likeness (QED) is 0.751. The molecule has 0 saturated carbocycles. The maximum Gasteiger partial charge on any atom is 0.143 e. The summed E-state index contributed by atoms with van der Waals surface area (Å²) in [6.07, 6.45) is 1.62. The summed E-state index contributed by atoms with van der Waals surface area (Å²) in [4.78, 5) is 0. The Morgan fingerprint density at radius 2 is 2.12 bits per heavy atom. The SMILES string of the molecule is FC1(C2NCCc3ccccc32)CCNC1. The minimum atomic E-state index is -1.11. The summed E-state index contributed by atoms with van der Waals surface area (Å²) >= 11 is 0. The van der Waals surface area contributed by atoms with E-state index < -0.39 is 5.67 Å². The van der Waals surface area contributed by atoms with Crippen LogP contribution in [0.2, 0.25) is 0 Å². The van der Waals surface area contributed by atoms with Gasteiger partial charge >= 0.3 is 0 Å². The van der Waals surface area contributed by atoms with E-state index in [1.54, 1.807) is 0 Å². The third-order valence-electron chi connectivity index (χ3n) is 3.76. The molecule has 16 heavy (non-hydrogen) atoms. The first-order chi connectivity index (χ1) is 7.80. The standard InChI is InChI=1S/C13H17FN2/c14-13(6-8-15-9-13)12-11-4-2-1-3-10(11)5-7-16-12/h1-4,12,15-16H,5-9H2. The summed E-state index contributed by atoms with van der Waals surface area (Å²) in [5.41, 5.74) is 1.34. The zero-order chi connectivity index (χ0) is 11.0. The van der Waals surface area contributed by atoms with Crippen LogP contribution in [0.4, 0.5) is 4.39 Å². The first kappa shape index (κ1) is 10.2. The van der Waals surface area contributed by atoms with Gasteiger partial charge < -0.3 is 10.6 Å². The molecule has 2 atom stereocenters. The van der Waals surface area contributed by atoms with Gasteiger partial charge in [-0.1, -0.05) is 24.3 Å². The lowest BCUT2D eigenvalue weighted by Gasteiger charge is -2.35. The topological polar surface area (TPSA) is 24.1 Å². The van der Waals surface area contributed by atoms with Crippen molar-refractivity contribution in [2.75, 3.05) is 19.6 Å². The van der Waals surface area contributed by atoms with E-state index in [0.29, 0.717) is 13.0 Å². The second-order valence-electron chi connectivity index (χ2n) is 4.80. The Morgan fingerprint density at radius 1 is 1.25 bits per heavy atom. The Bertz CT molecular complexity index is 385. The zero-order valence-corrected chi connectivity index (χ0v) is 9.30. The zero-order valence-electron chi connectivity index (χ0n) is 9.30. The molecule has 2 N–H and O–H groups in total. The second-order valence-corrected chi connectivity index (χ2v) is 4.80. The van der Waals surface area contributed by atoms with E-state index >= 15 is 0 Å². The number of hydrogen-bond donors (Lipinski definition) is 2. The van der Waals surface area contributed by atoms with E-state index in [4.69, 9.17) is 0 Å². The van der Waals surface area contributed by atoms with Crippen molar-refractivity contribution in [1.82, 2.24) is 10.6 Å². The number of benzene rings is 1. The number of halogens is 1. The van der Waals surface area contributed by atoms with Crippen LogP contribution in [0.25, 0.3) is 0 Å². The molecule has 86 valence electrons. The van der Waals surface area contributed by atoms with Gasteiger partial charge in [-0.15, -0.1) is 0 Å². The van der Waals surface area contributed by atoms with E-state index in [2.05, 4.69) is 22.8 Å². The Balaban J connectivity index is 1.98. The molecule has 0 aliphatic carbocycles. The first-order valence-electron chi connectivity index (χ1n) is 6.00. The average molecular weight is 220 g/mol. The van der Waals surface area contributed by atoms with Gasteiger partial charge in [-0.25, -0.2) is 4.39 Å². The Morgan fingerprint density at radius 3 is 2.94 bits per heavy atom. The molecule has 2 heterocycles. The molecule has 1 aromatic rings. The van der Waals surface area contributed by atoms with Crippen LogP contribution < -0.4 is 10.6 Å². The molecule has 0 aromatic heterocycles. The van der Waals surface area contributed by atoms with Crippen LogP contribution in [-0.2, 0) is 6.42 Å². The van der Waals surface area contributed by atoms with E-state index in [1.807, 2.05) is 12.1 Å². The van der Waals surface area contributed by atoms with E-state index in [0.717, 1.165) is 25.1 Å². The largest absolute Gasteiger partial charge is 0.313 e. The van der Waals surface area contributed by atoms with Gasteiger partial charge in [0.2, 0.25) is 0 Å². The van der Waals surface area contributed by atoms with Crippen LogP contribution in [0.5, 0.6) is 0 Å². The number of nitrogens with one attached hydrogen (secondary N) is 2. The van der Waals surface area contributed by atoms with Gasteiger partial charge in [0.15, 0.2) is 0 Å². The van der Waals surface area contributed by atoms with Crippen molar-refractivity contribution in [2.24, 2.45) is 0 Å². The van der Waals surface area contributed by atoms with Crippen LogP contribution in [0.1, 0.15) is 23.6 Å². The number of fused-ring (bicyclic) bond motifs is 1. The van der Waals surface area contributed by atoms with Crippen molar-refractivity contribution in [2.45, 2.75) is 24.6 Å². The highest BCUT2D eigenvalue weighted by Gasteiger charge is 2.43. The summed E-state index contributed by atoms with van der Waals surface area (Å²) in [7, 11) is 0. The fraction of sp³-hybridized carbons (Fsp3) is 0.538. The predicted octanol–water partition coefficient (Wildman–Crippen LogP) is 1.57. The van der Waals surface area contributed by atoms with Crippen LogP contribution in [0.15, 0.2) is 24.3 Å². The third-order valence-corrected chi connectivity index (χ3v) is 3.76. The first-order valence-corrected chi connectivity index (χ1v) is 6.00. The van der Waals surface area contributed by atoms with Crippen molar-refractivity contribution in [3.8, 4) is 0 Å². The molecule has 1 saturated heterocycles. The second kappa shape index (κ2) is 3.82. The Kier molecular flexibility index (Phi) is 2.45. The molecule has 0 spiro atoms. The molecule has 0 amide bonds.